The van der Waals surface area contributed by atoms with E-state index in [-0.39, 0.29) is 6.42 Å². The van der Waals surface area contributed by atoms with Gasteiger partial charge in [-0.05, 0) is 50.5 Å². The van der Waals surface area contributed by atoms with E-state index in [4.69, 9.17) is 9.84 Å². The highest BCUT2D eigenvalue weighted by Crippen LogP contribution is 2.34. The van der Waals surface area contributed by atoms with Crippen molar-refractivity contribution in [2.75, 3.05) is 6.61 Å². The molecule has 1 aromatic carbocycles. The highest BCUT2D eigenvalue weighted by atomic mass is 32.1. The molecule has 0 bridgehead atoms. The Bertz CT molecular complexity index is 893. The quantitative estimate of drug-likeness (QED) is 0.759. The van der Waals surface area contributed by atoms with Crippen molar-refractivity contribution in [3.8, 4) is 17.0 Å². The topological polar surface area (TPSA) is 63.8 Å². The van der Waals surface area contributed by atoms with Crippen molar-refractivity contribution in [3.63, 3.8) is 0 Å². The zero-order valence-electron chi connectivity index (χ0n) is 14.2. The van der Waals surface area contributed by atoms with Gasteiger partial charge < -0.3 is 9.84 Å². The minimum absolute atomic E-state index is 0.0314. The van der Waals surface area contributed by atoms with Crippen LogP contribution in [-0.2, 0) is 11.2 Å². The normalized spacial score (nSPS) is 11.2. The fourth-order valence-corrected chi connectivity index (χ4v) is 3.85. The van der Waals surface area contributed by atoms with Gasteiger partial charge in [-0.3, -0.25) is 9.20 Å². The van der Waals surface area contributed by atoms with Crippen LogP contribution in [0, 0.1) is 20.8 Å². The summed E-state index contributed by atoms with van der Waals surface area (Å²) in [6.45, 7) is 8.83. The minimum Gasteiger partial charge on any atom is -0.493 e. The van der Waals surface area contributed by atoms with Gasteiger partial charge in [0.25, 0.3) is 0 Å². The summed E-state index contributed by atoms with van der Waals surface area (Å²) >= 11 is 1.41. The number of nitrogens with zero attached hydrogens (tertiary/aromatic N) is 2. The Labute approximate surface area is 144 Å². The van der Waals surface area contributed by atoms with Crippen LogP contribution in [0.25, 0.3) is 16.2 Å². The average molecular weight is 344 g/mol. The molecular formula is C18H20N2O3S. The third-order valence-corrected chi connectivity index (χ3v) is 5.12. The van der Waals surface area contributed by atoms with Gasteiger partial charge in [0.15, 0.2) is 4.96 Å². The molecular weight excluding hydrogens is 324 g/mol. The van der Waals surface area contributed by atoms with Crippen molar-refractivity contribution in [1.82, 2.24) is 9.38 Å². The first-order valence-electron chi connectivity index (χ1n) is 7.83. The zero-order valence-corrected chi connectivity index (χ0v) is 15.0. The number of fused-ring (bicyclic) bond motifs is 1. The van der Waals surface area contributed by atoms with E-state index in [1.807, 2.05) is 30.6 Å². The fourth-order valence-electron chi connectivity index (χ4n) is 2.89. The number of hydrogen-bond donors (Lipinski definition) is 1. The second-order valence-corrected chi connectivity index (χ2v) is 6.93. The molecule has 0 radical (unpaired) electrons. The Kier molecular flexibility index (Phi) is 4.32. The molecule has 2 heterocycles. The predicted molar refractivity (Wildman–Crippen MR) is 95.2 cm³/mol. The first kappa shape index (κ1) is 16.5. The maximum absolute atomic E-state index is 10.8. The number of aryl methyl sites for hydroxylation is 1. The molecule has 6 heteroatoms. The largest absolute Gasteiger partial charge is 0.493 e. The minimum atomic E-state index is -0.826. The molecule has 0 spiro atoms. The van der Waals surface area contributed by atoms with Gasteiger partial charge in [-0.2, -0.15) is 0 Å². The third-order valence-electron chi connectivity index (χ3n) is 4.12. The Balaban J connectivity index is 2.04. The number of hydrogen-bond acceptors (Lipinski definition) is 4. The van der Waals surface area contributed by atoms with Crippen molar-refractivity contribution in [1.29, 1.82) is 0 Å². The van der Waals surface area contributed by atoms with Crippen LogP contribution in [0.5, 0.6) is 5.75 Å². The van der Waals surface area contributed by atoms with E-state index < -0.39 is 5.97 Å². The van der Waals surface area contributed by atoms with Gasteiger partial charge in [0, 0.05) is 22.8 Å². The molecule has 2 aromatic heterocycles. The van der Waals surface area contributed by atoms with Crippen LogP contribution in [0.1, 0.15) is 28.5 Å². The van der Waals surface area contributed by atoms with Gasteiger partial charge in [0.05, 0.1) is 18.7 Å². The maximum Gasteiger partial charge on any atom is 0.308 e. The summed E-state index contributed by atoms with van der Waals surface area (Å²) in [5.74, 6) is 0.122. The van der Waals surface area contributed by atoms with Crippen LogP contribution in [0.4, 0.5) is 0 Å². The van der Waals surface area contributed by atoms with Gasteiger partial charge in [-0.25, -0.2) is 4.98 Å². The van der Waals surface area contributed by atoms with Gasteiger partial charge in [-0.1, -0.05) is 0 Å². The smallest absolute Gasteiger partial charge is 0.308 e. The van der Waals surface area contributed by atoms with Crippen molar-refractivity contribution in [2.24, 2.45) is 0 Å². The predicted octanol–water partition coefficient (Wildman–Crippen LogP) is 4.01. The van der Waals surface area contributed by atoms with E-state index in [2.05, 4.69) is 24.9 Å². The van der Waals surface area contributed by atoms with E-state index in [1.54, 1.807) is 0 Å². The molecule has 0 saturated carbocycles. The van der Waals surface area contributed by atoms with E-state index in [0.29, 0.717) is 6.61 Å². The molecule has 1 N–H and O–H groups in total. The molecule has 5 nitrogen and oxygen atoms in total. The van der Waals surface area contributed by atoms with E-state index in [0.717, 1.165) is 43.5 Å². The summed E-state index contributed by atoms with van der Waals surface area (Å²) in [6, 6.07) is 2.11. The van der Waals surface area contributed by atoms with E-state index in [9.17, 15) is 4.79 Å². The number of ether oxygens (including phenoxy) is 1. The maximum atomic E-state index is 10.8. The second-order valence-electron chi connectivity index (χ2n) is 5.84. The van der Waals surface area contributed by atoms with E-state index >= 15 is 0 Å². The van der Waals surface area contributed by atoms with Crippen molar-refractivity contribution >= 4 is 22.3 Å². The summed E-state index contributed by atoms with van der Waals surface area (Å²) in [5, 5.41) is 8.89. The van der Waals surface area contributed by atoms with Crippen molar-refractivity contribution < 1.29 is 14.6 Å². The Morgan fingerprint density at radius 2 is 2.04 bits per heavy atom. The number of carboxylic acid groups (broad SMARTS) is 1. The molecule has 0 aliphatic carbocycles. The van der Waals surface area contributed by atoms with Gasteiger partial charge >= 0.3 is 5.97 Å². The second kappa shape index (κ2) is 6.28. The van der Waals surface area contributed by atoms with E-state index in [1.165, 1.54) is 11.3 Å². The Hall–Kier alpha value is -2.34. The number of carboxylic acids is 1. The number of carbonyl (C=O) groups is 1. The van der Waals surface area contributed by atoms with Crippen LogP contribution >= 0.6 is 11.3 Å². The molecule has 0 aliphatic heterocycles. The van der Waals surface area contributed by atoms with Gasteiger partial charge in [-0.15, -0.1) is 11.3 Å². The SMILES string of the molecule is CCOc1c(C)cc(-c2cn3cc(CC(=O)O)sc3n2)c(C)c1C. The molecule has 0 saturated heterocycles. The zero-order chi connectivity index (χ0) is 17.4. The number of thiazole rings is 1. The molecule has 0 unspecified atom stereocenters. The summed E-state index contributed by atoms with van der Waals surface area (Å²) in [4.78, 5) is 17.1. The summed E-state index contributed by atoms with van der Waals surface area (Å²) in [7, 11) is 0. The fraction of sp³-hybridized carbons (Fsp3) is 0.333. The summed E-state index contributed by atoms with van der Waals surface area (Å²) in [6.07, 6.45) is 3.83. The van der Waals surface area contributed by atoms with Crippen LogP contribution in [-0.4, -0.2) is 27.1 Å². The van der Waals surface area contributed by atoms with Crippen LogP contribution in [0.2, 0.25) is 0 Å². The molecule has 3 aromatic rings. The lowest BCUT2D eigenvalue weighted by Crippen LogP contribution is -2.00. The van der Waals surface area contributed by atoms with Crippen molar-refractivity contribution in [3.05, 3.63) is 40.0 Å². The Morgan fingerprint density at radius 1 is 1.29 bits per heavy atom. The lowest BCUT2D eigenvalue weighted by Gasteiger charge is -2.15. The highest BCUT2D eigenvalue weighted by molar-refractivity contribution is 7.17. The molecule has 126 valence electrons. The lowest BCUT2D eigenvalue weighted by molar-refractivity contribution is -0.136. The number of aliphatic carboxylic acids is 1. The number of rotatable bonds is 5. The van der Waals surface area contributed by atoms with Crippen molar-refractivity contribution in [2.45, 2.75) is 34.1 Å². The van der Waals surface area contributed by atoms with Crippen LogP contribution in [0.3, 0.4) is 0 Å². The summed E-state index contributed by atoms with van der Waals surface area (Å²) < 4.78 is 7.66. The third kappa shape index (κ3) is 2.89. The molecule has 3 rings (SSSR count). The van der Waals surface area contributed by atoms with Gasteiger partial charge in [0.2, 0.25) is 0 Å². The number of aromatic nitrogens is 2. The molecule has 0 aliphatic rings. The standard InChI is InChI=1S/C18H20N2O3S/c1-5-23-17-10(2)6-14(11(3)12(17)4)15-9-20-8-13(7-16(21)22)24-18(20)19-15/h6,8-9H,5,7H2,1-4H3,(H,21,22). The monoisotopic (exact) mass is 344 g/mol. The first-order chi connectivity index (χ1) is 11.4. The Morgan fingerprint density at radius 3 is 2.67 bits per heavy atom. The first-order valence-corrected chi connectivity index (χ1v) is 8.65. The molecule has 0 amide bonds. The molecule has 24 heavy (non-hydrogen) atoms. The number of benzene rings is 1. The molecule has 0 atom stereocenters. The van der Waals surface area contributed by atoms with Crippen LogP contribution in [0.15, 0.2) is 18.5 Å². The lowest BCUT2D eigenvalue weighted by atomic mass is 9.97. The van der Waals surface area contributed by atoms with Crippen LogP contribution < -0.4 is 4.74 Å². The number of imidazole rings is 1. The van der Waals surface area contributed by atoms with Gasteiger partial charge in [0.1, 0.15) is 5.75 Å². The summed E-state index contributed by atoms with van der Waals surface area (Å²) in [5.41, 5.74) is 5.37. The average Bonchev–Trinajstić information content (AvgIpc) is 3.04. The molecule has 0 fully saturated rings. The highest BCUT2D eigenvalue weighted by Gasteiger charge is 2.16.